The van der Waals surface area contributed by atoms with Gasteiger partial charge in [0.25, 0.3) is 5.56 Å². The summed E-state index contributed by atoms with van der Waals surface area (Å²) in [7, 11) is 0. The molecule has 0 spiro atoms. The van der Waals surface area contributed by atoms with Crippen LogP contribution in [0.5, 0.6) is 0 Å². The van der Waals surface area contributed by atoms with Crippen LogP contribution in [0.15, 0.2) is 28.4 Å². The minimum atomic E-state index is 0.0920. The molecule has 0 aliphatic heterocycles. The molecule has 5 heteroatoms. The van der Waals surface area contributed by atoms with Crippen molar-refractivity contribution in [2.45, 2.75) is 52.0 Å². The minimum absolute atomic E-state index is 0.0920. The Morgan fingerprint density at radius 1 is 1.17 bits per heavy atom. The summed E-state index contributed by atoms with van der Waals surface area (Å²) in [6.45, 7) is 3.90. The van der Waals surface area contributed by atoms with Gasteiger partial charge in [-0.2, -0.15) is 0 Å². The molecule has 3 heterocycles. The molecule has 3 aromatic rings. The van der Waals surface area contributed by atoms with Crippen molar-refractivity contribution in [3.8, 4) is 10.4 Å². The zero-order valence-electron chi connectivity index (χ0n) is 14.1. The minimum Gasteiger partial charge on any atom is -0.289 e. The SMILES string of the molecule is Cc1nc(C)c2cc(-c3cccs3)c(=O)n(C3CCCCC3)c2n1. The number of hydrogen-bond donors (Lipinski definition) is 0. The molecule has 1 aliphatic rings. The molecule has 1 saturated carbocycles. The Balaban J connectivity index is 2.06. The van der Waals surface area contributed by atoms with E-state index in [9.17, 15) is 4.79 Å². The standard InChI is InChI=1S/C19H21N3OS/c1-12-15-11-16(17-9-6-10-24-17)19(23)22(14-7-4-3-5-8-14)18(15)21-13(2)20-12/h6,9-11,14H,3-5,7-8H2,1-2H3. The first-order valence-electron chi connectivity index (χ1n) is 8.59. The van der Waals surface area contributed by atoms with Crippen molar-refractivity contribution in [1.29, 1.82) is 0 Å². The quantitative estimate of drug-likeness (QED) is 0.683. The number of thiophene rings is 1. The number of aromatic nitrogens is 3. The highest BCUT2D eigenvalue weighted by Gasteiger charge is 2.22. The van der Waals surface area contributed by atoms with Crippen molar-refractivity contribution in [3.63, 3.8) is 0 Å². The van der Waals surface area contributed by atoms with E-state index in [1.807, 2.05) is 42.0 Å². The van der Waals surface area contributed by atoms with Gasteiger partial charge >= 0.3 is 0 Å². The number of aryl methyl sites for hydroxylation is 2. The van der Waals surface area contributed by atoms with E-state index < -0.39 is 0 Å². The normalized spacial score (nSPS) is 15.9. The fourth-order valence-electron chi connectivity index (χ4n) is 3.77. The van der Waals surface area contributed by atoms with Crippen LogP contribution >= 0.6 is 11.3 Å². The lowest BCUT2D eigenvalue weighted by molar-refractivity contribution is 0.353. The Bertz CT molecular complexity index is 937. The van der Waals surface area contributed by atoms with Crippen molar-refractivity contribution in [3.05, 3.63) is 45.5 Å². The van der Waals surface area contributed by atoms with Crippen molar-refractivity contribution in [1.82, 2.24) is 14.5 Å². The van der Waals surface area contributed by atoms with Crippen LogP contribution in [-0.2, 0) is 0 Å². The van der Waals surface area contributed by atoms with Gasteiger partial charge in [0.05, 0.1) is 11.3 Å². The van der Waals surface area contributed by atoms with Crippen LogP contribution in [0.2, 0.25) is 0 Å². The topological polar surface area (TPSA) is 47.8 Å². The van der Waals surface area contributed by atoms with E-state index in [0.717, 1.165) is 45.8 Å². The predicted molar refractivity (Wildman–Crippen MR) is 98.7 cm³/mol. The average molecular weight is 339 g/mol. The van der Waals surface area contributed by atoms with Gasteiger partial charge in [0, 0.05) is 16.3 Å². The highest BCUT2D eigenvalue weighted by Crippen LogP contribution is 2.32. The Labute approximate surface area is 145 Å². The number of rotatable bonds is 2. The van der Waals surface area contributed by atoms with Gasteiger partial charge < -0.3 is 0 Å². The maximum atomic E-state index is 13.3. The molecule has 0 atom stereocenters. The third-order valence-electron chi connectivity index (χ3n) is 4.92. The molecule has 24 heavy (non-hydrogen) atoms. The Morgan fingerprint density at radius 2 is 1.96 bits per heavy atom. The molecule has 1 aliphatic carbocycles. The van der Waals surface area contributed by atoms with Gasteiger partial charge in [-0.25, -0.2) is 9.97 Å². The summed E-state index contributed by atoms with van der Waals surface area (Å²) in [5.41, 5.74) is 2.62. The molecule has 124 valence electrons. The van der Waals surface area contributed by atoms with Gasteiger partial charge in [-0.05, 0) is 44.2 Å². The van der Waals surface area contributed by atoms with Crippen molar-refractivity contribution >= 4 is 22.4 Å². The van der Waals surface area contributed by atoms with Crippen LogP contribution < -0.4 is 5.56 Å². The average Bonchev–Trinajstić information content (AvgIpc) is 3.09. The molecule has 0 radical (unpaired) electrons. The summed E-state index contributed by atoms with van der Waals surface area (Å²) in [5, 5.41) is 3.01. The zero-order valence-corrected chi connectivity index (χ0v) is 14.9. The predicted octanol–water partition coefficient (Wildman–Crippen LogP) is 4.64. The Kier molecular flexibility index (Phi) is 3.96. The van der Waals surface area contributed by atoms with Gasteiger partial charge in [-0.3, -0.25) is 9.36 Å². The molecule has 0 bridgehead atoms. The molecule has 0 amide bonds. The first-order chi connectivity index (χ1) is 11.6. The largest absolute Gasteiger partial charge is 0.289 e. The van der Waals surface area contributed by atoms with E-state index in [4.69, 9.17) is 0 Å². The fourth-order valence-corrected chi connectivity index (χ4v) is 4.51. The lowest BCUT2D eigenvalue weighted by atomic mass is 9.94. The monoisotopic (exact) mass is 339 g/mol. The van der Waals surface area contributed by atoms with Crippen LogP contribution in [0.4, 0.5) is 0 Å². The number of fused-ring (bicyclic) bond motifs is 1. The smallest absolute Gasteiger partial charge is 0.261 e. The van der Waals surface area contributed by atoms with Crippen LogP contribution in [0.3, 0.4) is 0 Å². The van der Waals surface area contributed by atoms with Crippen LogP contribution in [0.25, 0.3) is 21.5 Å². The maximum Gasteiger partial charge on any atom is 0.261 e. The van der Waals surface area contributed by atoms with Gasteiger partial charge in [0.1, 0.15) is 11.5 Å². The van der Waals surface area contributed by atoms with Gasteiger partial charge in [-0.15, -0.1) is 11.3 Å². The number of hydrogen-bond acceptors (Lipinski definition) is 4. The molecule has 4 nitrogen and oxygen atoms in total. The molecule has 0 aromatic carbocycles. The third-order valence-corrected chi connectivity index (χ3v) is 5.82. The lowest BCUT2D eigenvalue weighted by Crippen LogP contribution is -2.28. The van der Waals surface area contributed by atoms with E-state index in [-0.39, 0.29) is 11.6 Å². The van der Waals surface area contributed by atoms with E-state index in [1.54, 1.807) is 11.3 Å². The third kappa shape index (κ3) is 2.57. The summed E-state index contributed by atoms with van der Waals surface area (Å²) in [4.78, 5) is 23.5. The summed E-state index contributed by atoms with van der Waals surface area (Å²) >= 11 is 1.61. The summed E-state index contributed by atoms with van der Waals surface area (Å²) in [6.07, 6.45) is 5.76. The van der Waals surface area contributed by atoms with Gasteiger partial charge in [0.2, 0.25) is 0 Å². The van der Waals surface area contributed by atoms with Gasteiger partial charge in [0.15, 0.2) is 0 Å². The van der Waals surface area contributed by atoms with Crippen LogP contribution in [0, 0.1) is 13.8 Å². The highest BCUT2D eigenvalue weighted by atomic mass is 32.1. The van der Waals surface area contributed by atoms with E-state index in [2.05, 4.69) is 9.97 Å². The van der Waals surface area contributed by atoms with E-state index >= 15 is 0 Å². The number of nitrogens with zero attached hydrogens (tertiary/aromatic N) is 3. The molecule has 3 aromatic heterocycles. The van der Waals surface area contributed by atoms with E-state index in [0.29, 0.717) is 0 Å². The molecular formula is C19H21N3OS. The molecular weight excluding hydrogens is 318 g/mol. The zero-order chi connectivity index (χ0) is 16.7. The second-order valence-corrected chi connectivity index (χ2v) is 7.54. The number of pyridine rings is 1. The lowest BCUT2D eigenvalue weighted by Gasteiger charge is -2.26. The van der Waals surface area contributed by atoms with Crippen molar-refractivity contribution in [2.75, 3.05) is 0 Å². The van der Waals surface area contributed by atoms with Gasteiger partial charge in [-0.1, -0.05) is 25.3 Å². The molecule has 0 N–H and O–H groups in total. The summed E-state index contributed by atoms with van der Waals surface area (Å²) in [6, 6.07) is 6.25. The molecule has 0 unspecified atom stereocenters. The van der Waals surface area contributed by atoms with Crippen LogP contribution in [-0.4, -0.2) is 14.5 Å². The second kappa shape index (κ2) is 6.13. The summed E-state index contributed by atoms with van der Waals surface area (Å²) < 4.78 is 1.96. The first-order valence-corrected chi connectivity index (χ1v) is 9.47. The second-order valence-electron chi connectivity index (χ2n) is 6.60. The van der Waals surface area contributed by atoms with E-state index in [1.165, 1.54) is 19.3 Å². The summed E-state index contributed by atoms with van der Waals surface area (Å²) in [5.74, 6) is 0.729. The Morgan fingerprint density at radius 3 is 2.67 bits per heavy atom. The van der Waals surface area contributed by atoms with Crippen LogP contribution in [0.1, 0.15) is 49.7 Å². The Hall–Kier alpha value is -2.01. The maximum absolute atomic E-state index is 13.3. The molecule has 4 rings (SSSR count). The molecule has 0 saturated heterocycles. The first kappa shape index (κ1) is 15.5. The highest BCUT2D eigenvalue weighted by molar-refractivity contribution is 7.13. The van der Waals surface area contributed by atoms with Crippen molar-refractivity contribution < 1.29 is 0 Å². The fraction of sp³-hybridized carbons (Fsp3) is 0.421. The van der Waals surface area contributed by atoms with Crippen molar-refractivity contribution in [2.24, 2.45) is 0 Å². The molecule has 1 fully saturated rings.